The van der Waals surface area contributed by atoms with Gasteiger partial charge in [0.05, 0.1) is 17.2 Å². The van der Waals surface area contributed by atoms with Crippen molar-refractivity contribution < 1.29 is 22.7 Å². The van der Waals surface area contributed by atoms with E-state index in [-0.39, 0.29) is 23.0 Å². The number of amides is 2. The molecule has 208 valence electrons. The van der Waals surface area contributed by atoms with Crippen molar-refractivity contribution in [1.82, 2.24) is 10.2 Å². The zero-order valence-electron chi connectivity index (χ0n) is 22.6. The first-order chi connectivity index (χ1) is 18.6. The fraction of sp³-hybridized carbons (Fsp3) is 0.310. The summed E-state index contributed by atoms with van der Waals surface area (Å²) >= 11 is 6.04. The maximum atomic E-state index is 14.0. The fourth-order valence-electron chi connectivity index (χ4n) is 4.16. The summed E-state index contributed by atoms with van der Waals surface area (Å²) in [4.78, 5) is 28.2. The van der Waals surface area contributed by atoms with E-state index in [1.165, 1.54) is 24.1 Å². The highest BCUT2D eigenvalue weighted by Crippen LogP contribution is 2.33. The van der Waals surface area contributed by atoms with Crippen LogP contribution in [0, 0.1) is 6.92 Å². The summed E-state index contributed by atoms with van der Waals surface area (Å²) in [5, 5.41) is 3.15. The molecule has 0 saturated carbocycles. The summed E-state index contributed by atoms with van der Waals surface area (Å²) in [6.07, 6.45) is 0.333. The molecule has 1 N–H and O–H groups in total. The molecule has 0 aliphatic heterocycles. The maximum Gasteiger partial charge on any atom is 0.264 e. The van der Waals surface area contributed by atoms with Crippen LogP contribution in [0.1, 0.15) is 31.4 Å². The lowest BCUT2D eigenvalue weighted by Gasteiger charge is -2.33. The van der Waals surface area contributed by atoms with E-state index in [9.17, 15) is 18.0 Å². The Morgan fingerprint density at radius 2 is 1.62 bits per heavy atom. The van der Waals surface area contributed by atoms with E-state index in [1.807, 2.05) is 6.92 Å². The van der Waals surface area contributed by atoms with Gasteiger partial charge in [-0.2, -0.15) is 0 Å². The number of rotatable bonds is 12. The molecular formula is C29H34ClN3O5S. The van der Waals surface area contributed by atoms with Crippen LogP contribution in [-0.2, 0) is 26.2 Å². The topological polar surface area (TPSA) is 96.0 Å². The summed E-state index contributed by atoms with van der Waals surface area (Å²) in [6, 6.07) is 19.2. The lowest BCUT2D eigenvalue weighted by Crippen LogP contribution is -2.51. The number of hydrogen-bond acceptors (Lipinski definition) is 5. The minimum atomic E-state index is -4.19. The van der Waals surface area contributed by atoms with Gasteiger partial charge in [0.25, 0.3) is 10.0 Å². The van der Waals surface area contributed by atoms with Gasteiger partial charge in [0, 0.05) is 18.6 Å². The van der Waals surface area contributed by atoms with Crippen LogP contribution in [0.5, 0.6) is 5.75 Å². The van der Waals surface area contributed by atoms with Crippen LogP contribution >= 0.6 is 11.6 Å². The molecule has 0 aromatic heterocycles. The van der Waals surface area contributed by atoms with Crippen LogP contribution in [0.2, 0.25) is 5.02 Å². The van der Waals surface area contributed by atoms with E-state index in [0.29, 0.717) is 23.8 Å². The molecule has 0 bridgehead atoms. The predicted molar refractivity (Wildman–Crippen MR) is 153 cm³/mol. The van der Waals surface area contributed by atoms with Gasteiger partial charge in [0.1, 0.15) is 18.3 Å². The van der Waals surface area contributed by atoms with Crippen molar-refractivity contribution in [1.29, 1.82) is 0 Å². The number of likely N-dealkylation sites (N-methyl/N-ethyl adjacent to an activating group) is 1. The van der Waals surface area contributed by atoms with Gasteiger partial charge in [-0.05, 0) is 62.2 Å². The summed E-state index contributed by atoms with van der Waals surface area (Å²) in [7, 11) is -2.69. The Balaban J connectivity index is 2.10. The standard InChI is InChI=1S/C29H34ClN3O5S/c1-5-25(29(35)31-4)32(19-22-13-15-23(30)16-14-22)28(34)20-33(26-9-7-8-10-27(26)38-6-2)39(36,37)24-17-11-21(3)12-18-24/h7-18,25H,5-6,19-20H2,1-4H3,(H,31,35). The van der Waals surface area contributed by atoms with Crippen molar-refractivity contribution in [2.75, 3.05) is 24.5 Å². The smallest absolute Gasteiger partial charge is 0.264 e. The van der Waals surface area contributed by atoms with Gasteiger partial charge in [-0.3, -0.25) is 13.9 Å². The fourth-order valence-corrected chi connectivity index (χ4v) is 5.71. The van der Waals surface area contributed by atoms with Crippen molar-refractivity contribution in [3.05, 3.63) is 88.9 Å². The van der Waals surface area contributed by atoms with Gasteiger partial charge in [0.2, 0.25) is 11.8 Å². The highest BCUT2D eigenvalue weighted by atomic mass is 35.5. The zero-order chi connectivity index (χ0) is 28.6. The van der Waals surface area contributed by atoms with Crippen molar-refractivity contribution >= 4 is 39.1 Å². The molecule has 0 fully saturated rings. The molecule has 3 rings (SSSR count). The van der Waals surface area contributed by atoms with E-state index in [1.54, 1.807) is 74.5 Å². The van der Waals surface area contributed by atoms with Crippen LogP contribution in [-0.4, -0.2) is 51.4 Å². The van der Waals surface area contributed by atoms with E-state index in [2.05, 4.69) is 5.32 Å². The molecule has 1 atom stereocenters. The average molecular weight is 572 g/mol. The molecule has 0 aliphatic rings. The number of hydrogen-bond donors (Lipinski definition) is 1. The number of nitrogens with one attached hydrogen (secondary N) is 1. The van der Waals surface area contributed by atoms with Gasteiger partial charge >= 0.3 is 0 Å². The Hall–Kier alpha value is -3.56. The van der Waals surface area contributed by atoms with Crippen LogP contribution in [0.15, 0.2) is 77.7 Å². The molecule has 3 aromatic rings. The molecule has 1 unspecified atom stereocenters. The third-order valence-corrected chi connectivity index (χ3v) is 8.25. The third kappa shape index (κ3) is 7.30. The van der Waals surface area contributed by atoms with Crippen molar-refractivity contribution in [3.63, 3.8) is 0 Å². The average Bonchev–Trinajstić information content (AvgIpc) is 2.93. The maximum absolute atomic E-state index is 14.0. The second-order valence-electron chi connectivity index (χ2n) is 8.91. The monoisotopic (exact) mass is 571 g/mol. The minimum Gasteiger partial charge on any atom is -0.492 e. The predicted octanol–water partition coefficient (Wildman–Crippen LogP) is 4.80. The van der Waals surface area contributed by atoms with E-state index < -0.39 is 28.5 Å². The molecular weight excluding hydrogens is 538 g/mol. The molecule has 8 nitrogen and oxygen atoms in total. The van der Waals surface area contributed by atoms with Gasteiger partial charge in [-0.1, -0.05) is 60.5 Å². The second-order valence-corrected chi connectivity index (χ2v) is 11.2. The van der Waals surface area contributed by atoms with Gasteiger partial charge < -0.3 is 15.0 Å². The zero-order valence-corrected chi connectivity index (χ0v) is 24.1. The number of benzene rings is 3. The van der Waals surface area contributed by atoms with E-state index >= 15 is 0 Å². The quantitative estimate of drug-likeness (QED) is 0.337. The van der Waals surface area contributed by atoms with Crippen molar-refractivity contribution in [2.45, 2.75) is 44.7 Å². The highest BCUT2D eigenvalue weighted by Gasteiger charge is 2.34. The third-order valence-electron chi connectivity index (χ3n) is 6.22. The molecule has 0 aliphatic carbocycles. The van der Waals surface area contributed by atoms with Gasteiger partial charge in [0.15, 0.2) is 0 Å². The molecule has 2 amide bonds. The van der Waals surface area contributed by atoms with Crippen molar-refractivity contribution in [3.8, 4) is 5.75 Å². The van der Waals surface area contributed by atoms with E-state index in [4.69, 9.17) is 16.3 Å². The Morgan fingerprint density at radius 1 is 0.974 bits per heavy atom. The van der Waals surface area contributed by atoms with Crippen LogP contribution in [0.3, 0.4) is 0 Å². The molecule has 10 heteroatoms. The van der Waals surface area contributed by atoms with Crippen LogP contribution in [0.4, 0.5) is 5.69 Å². The Labute approximate surface area is 235 Å². The summed E-state index contributed by atoms with van der Waals surface area (Å²) in [5.41, 5.74) is 1.88. The number of nitrogens with zero attached hydrogens (tertiary/aromatic N) is 2. The van der Waals surface area contributed by atoms with Gasteiger partial charge in [-0.15, -0.1) is 0 Å². The lowest BCUT2D eigenvalue weighted by atomic mass is 10.1. The van der Waals surface area contributed by atoms with E-state index in [0.717, 1.165) is 15.4 Å². The molecule has 3 aromatic carbocycles. The summed E-state index contributed by atoms with van der Waals surface area (Å²) in [6.45, 7) is 5.31. The SMILES string of the molecule is CCOc1ccccc1N(CC(=O)N(Cc1ccc(Cl)cc1)C(CC)C(=O)NC)S(=O)(=O)c1ccc(C)cc1. The Bertz CT molecular complexity index is 1380. The first-order valence-corrected chi connectivity index (χ1v) is 14.5. The number of carbonyl (C=O) groups excluding carboxylic acids is 2. The molecule has 0 radical (unpaired) electrons. The normalized spacial score (nSPS) is 11.9. The number of carbonyl (C=O) groups is 2. The lowest BCUT2D eigenvalue weighted by molar-refractivity contribution is -0.140. The summed E-state index contributed by atoms with van der Waals surface area (Å²) < 4.78 is 34.8. The molecule has 0 saturated heterocycles. The largest absolute Gasteiger partial charge is 0.492 e. The first-order valence-electron chi connectivity index (χ1n) is 12.7. The Kier molecular flexibility index (Phi) is 10.4. The number of ether oxygens (including phenoxy) is 1. The number of halogens is 1. The van der Waals surface area contributed by atoms with Gasteiger partial charge in [-0.25, -0.2) is 8.42 Å². The van der Waals surface area contributed by atoms with Crippen molar-refractivity contribution in [2.24, 2.45) is 0 Å². The molecule has 39 heavy (non-hydrogen) atoms. The van der Waals surface area contributed by atoms with Crippen LogP contribution < -0.4 is 14.4 Å². The van der Waals surface area contributed by atoms with Crippen LogP contribution in [0.25, 0.3) is 0 Å². The minimum absolute atomic E-state index is 0.0368. The summed E-state index contributed by atoms with van der Waals surface area (Å²) in [5.74, 6) is -0.559. The number of sulfonamides is 1. The number of aryl methyl sites for hydroxylation is 1. The Morgan fingerprint density at radius 3 is 2.21 bits per heavy atom. The second kappa shape index (κ2) is 13.5. The number of anilines is 1. The molecule has 0 heterocycles. The highest BCUT2D eigenvalue weighted by molar-refractivity contribution is 7.92. The number of para-hydroxylation sites is 2. The first kappa shape index (κ1) is 30.0. The molecule has 0 spiro atoms.